The number of hydrogen-bond acceptors (Lipinski definition) is 3. The molecule has 3 rings (SSSR count). The molecule has 2 aromatic rings. The molecule has 1 amide bonds. The van der Waals surface area contributed by atoms with Crippen LogP contribution in [-0.4, -0.2) is 47.1 Å². The Labute approximate surface area is 142 Å². The average molecular weight is 324 g/mol. The van der Waals surface area contributed by atoms with Crippen LogP contribution in [0.15, 0.2) is 42.6 Å². The molecule has 5 heteroatoms. The van der Waals surface area contributed by atoms with Gasteiger partial charge in [-0.25, -0.2) is 0 Å². The minimum atomic E-state index is -0.141. The van der Waals surface area contributed by atoms with E-state index in [1.807, 2.05) is 41.8 Å². The van der Waals surface area contributed by atoms with Gasteiger partial charge >= 0.3 is 0 Å². The zero-order chi connectivity index (χ0) is 16.9. The third kappa shape index (κ3) is 3.74. The predicted molar refractivity (Wildman–Crippen MR) is 96.8 cm³/mol. The van der Waals surface area contributed by atoms with Gasteiger partial charge in [-0.15, -0.1) is 0 Å². The smallest absolute Gasteiger partial charge is 0.244 e. The van der Waals surface area contributed by atoms with E-state index in [4.69, 9.17) is 5.41 Å². The molecule has 0 aliphatic carbocycles. The van der Waals surface area contributed by atoms with Gasteiger partial charge in [0.05, 0.1) is 11.4 Å². The van der Waals surface area contributed by atoms with Gasteiger partial charge in [-0.05, 0) is 62.7 Å². The van der Waals surface area contributed by atoms with Gasteiger partial charge in [-0.1, -0.05) is 6.07 Å². The molecule has 0 bridgehead atoms. The van der Waals surface area contributed by atoms with Crippen molar-refractivity contribution in [1.29, 1.82) is 5.41 Å². The summed E-state index contributed by atoms with van der Waals surface area (Å²) in [6, 6.07) is 7.98. The van der Waals surface area contributed by atoms with Crippen molar-refractivity contribution in [3.63, 3.8) is 0 Å². The Hall–Kier alpha value is -2.40. The third-order valence-corrected chi connectivity index (χ3v) is 4.45. The van der Waals surface area contributed by atoms with E-state index in [2.05, 4.69) is 10.2 Å². The van der Waals surface area contributed by atoms with Crippen molar-refractivity contribution in [1.82, 2.24) is 14.6 Å². The summed E-state index contributed by atoms with van der Waals surface area (Å²) in [7, 11) is 0. The average Bonchev–Trinajstić information content (AvgIpc) is 3.19. The number of fused-ring (bicyclic) bond motifs is 1. The Balaban J connectivity index is 1.57. The number of amides is 1. The Kier molecular flexibility index (Phi) is 5.11. The second kappa shape index (κ2) is 7.45. The Bertz CT molecular complexity index is 769. The van der Waals surface area contributed by atoms with E-state index in [0.29, 0.717) is 12.3 Å². The molecule has 0 aromatic carbocycles. The highest BCUT2D eigenvalue weighted by Gasteiger charge is 2.11. The van der Waals surface area contributed by atoms with Crippen molar-refractivity contribution in [3.05, 3.63) is 53.9 Å². The van der Waals surface area contributed by atoms with Gasteiger partial charge in [-0.3, -0.25) is 10.2 Å². The van der Waals surface area contributed by atoms with Gasteiger partial charge in [-0.2, -0.15) is 0 Å². The first kappa shape index (κ1) is 16.5. The maximum absolute atomic E-state index is 11.9. The van der Waals surface area contributed by atoms with Crippen molar-refractivity contribution in [3.8, 4) is 0 Å². The number of carbonyl (C=O) groups excluding carboxylic acids is 1. The summed E-state index contributed by atoms with van der Waals surface area (Å²) in [4.78, 5) is 14.3. The maximum Gasteiger partial charge on any atom is 0.244 e. The van der Waals surface area contributed by atoms with Crippen molar-refractivity contribution in [2.24, 2.45) is 0 Å². The number of allylic oxidation sites excluding steroid dienone is 1. The molecule has 3 heterocycles. The summed E-state index contributed by atoms with van der Waals surface area (Å²) in [5.74, 6) is -0.141. The highest BCUT2D eigenvalue weighted by molar-refractivity contribution is 6.09. The molecule has 0 spiro atoms. The number of aryl methyl sites for hydroxylation is 1. The van der Waals surface area contributed by atoms with Crippen molar-refractivity contribution < 1.29 is 4.79 Å². The van der Waals surface area contributed by atoms with Crippen molar-refractivity contribution in [2.45, 2.75) is 19.8 Å². The number of nitrogens with one attached hydrogen (secondary N) is 2. The van der Waals surface area contributed by atoms with Crippen LogP contribution in [0.25, 0.3) is 5.52 Å². The molecule has 5 nitrogen and oxygen atoms in total. The maximum atomic E-state index is 11.9. The lowest BCUT2D eigenvalue weighted by molar-refractivity contribution is -0.116. The van der Waals surface area contributed by atoms with Crippen LogP contribution >= 0.6 is 0 Å². The van der Waals surface area contributed by atoms with Crippen molar-refractivity contribution >= 4 is 17.1 Å². The molecule has 0 saturated carbocycles. The Morgan fingerprint density at radius 1 is 1.29 bits per heavy atom. The summed E-state index contributed by atoms with van der Waals surface area (Å²) in [6.45, 7) is 5.82. The molecule has 2 aromatic heterocycles. The van der Waals surface area contributed by atoms with E-state index < -0.39 is 0 Å². The van der Waals surface area contributed by atoms with Crippen LogP contribution in [0.3, 0.4) is 0 Å². The molecule has 0 atom stereocenters. The largest absolute Gasteiger partial charge is 0.351 e. The van der Waals surface area contributed by atoms with Crippen molar-refractivity contribution in [2.75, 3.05) is 26.2 Å². The van der Waals surface area contributed by atoms with Gasteiger partial charge < -0.3 is 14.6 Å². The number of hydrogen-bond donors (Lipinski definition) is 2. The number of likely N-dealkylation sites (tertiary alicyclic amines) is 1. The minimum Gasteiger partial charge on any atom is -0.351 e. The van der Waals surface area contributed by atoms with Gasteiger partial charge in [0.15, 0.2) is 0 Å². The van der Waals surface area contributed by atoms with Gasteiger partial charge in [0, 0.05) is 30.9 Å². The second-order valence-corrected chi connectivity index (χ2v) is 6.26. The lowest BCUT2D eigenvalue weighted by atomic mass is 10.1. The van der Waals surface area contributed by atoms with Crippen LogP contribution in [0, 0.1) is 12.3 Å². The zero-order valence-electron chi connectivity index (χ0n) is 14.1. The summed E-state index contributed by atoms with van der Waals surface area (Å²) < 4.78 is 1.98. The van der Waals surface area contributed by atoms with Crippen LogP contribution in [-0.2, 0) is 4.79 Å². The number of carbonyl (C=O) groups is 1. The zero-order valence-corrected chi connectivity index (χ0v) is 14.1. The van der Waals surface area contributed by atoms with Gasteiger partial charge in [0.2, 0.25) is 5.91 Å². The summed E-state index contributed by atoms with van der Waals surface area (Å²) in [5.41, 5.74) is 3.25. The fourth-order valence-electron chi connectivity index (χ4n) is 3.24. The quantitative estimate of drug-likeness (QED) is 0.633. The summed E-state index contributed by atoms with van der Waals surface area (Å²) >= 11 is 0. The van der Waals surface area contributed by atoms with E-state index in [1.54, 1.807) is 6.08 Å². The molecular weight excluding hydrogens is 300 g/mol. The van der Waals surface area contributed by atoms with Gasteiger partial charge in [0.25, 0.3) is 0 Å². The number of nitrogens with zero attached hydrogens (tertiary/aromatic N) is 2. The number of aromatic nitrogens is 1. The van der Waals surface area contributed by atoms with Crippen LogP contribution in [0.5, 0.6) is 0 Å². The molecule has 1 fully saturated rings. The van der Waals surface area contributed by atoms with Crippen LogP contribution in [0.2, 0.25) is 0 Å². The van der Waals surface area contributed by atoms with E-state index in [-0.39, 0.29) is 5.91 Å². The lowest BCUT2D eigenvalue weighted by Gasteiger charge is -2.13. The van der Waals surface area contributed by atoms with E-state index >= 15 is 0 Å². The standard InChI is InChI=1S/C19H24N4O/c1-15-14-16-6-2-3-12-23(16)19(15)17(20)7-8-18(24)21-9-13-22-10-4-5-11-22/h2-3,6-8,12,14,20H,4-5,9-11,13H2,1H3,(H,21,24)/b8-7-,20-17?. The molecule has 1 aliphatic rings. The molecule has 2 N–H and O–H groups in total. The van der Waals surface area contributed by atoms with E-state index in [1.165, 1.54) is 18.9 Å². The number of pyridine rings is 1. The Morgan fingerprint density at radius 2 is 2.08 bits per heavy atom. The molecule has 1 aliphatic heterocycles. The first-order chi connectivity index (χ1) is 11.6. The van der Waals surface area contributed by atoms with E-state index in [0.717, 1.165) is 36.4 Å². The first-order valence-electron chi connectivity index (χ1n) is 8.49. The Morgan fingerprint density at radius 3 is 2.88 bits per heavy atom. The summed E-state index contributed by atoms with van der Waals surface area (Å²) in [6.07, 6.45) is 7.49. The predicted octanol–water partition coefficient (Wildman–Crippen LogP) is 2.38. The molecule has 24 heavy (non-hydrogen) atoms. The fraction of sp³-hybridized carbons (Fsp3) is 0.368. The normalized spacial score (nSPS) is 15.4. The summed E-state index contributed by atoms with van der Waals surface area (Å²) in [5, 5.41) is 11.2. The monoisotopic (exact) mass is 324 g/mol. The molecule has 0 radical (unpaired) electrons. The third-order valence-electron chi connectivity index (χ3n) is 4.45. The minimum absolute atomic E-state index is 0.141. The second-order valence-electron chi connectivity index (χ2n) is 6.26. The molecule has 126 valence electrons. The highest BCUT2D eigenvalue weighted by atomic mass is 16.1. The fourth-order valence-corrected chi connectivity index (χ4v) is 3.24. The van der Waals surface area contributed by atoms with Crippen LogP contribution in [0.4, 0.5) is 0 Å². The topological polar surface area (TPSA) is 60.6 Å². The lowest BCUT2D eigenvalue weighted by Crippen LogP contribution is -2.32. The van der Waals surface area contributed by atoms with Crippen LogP contribution in [0.1, 0.15) is 24.1 Å². The number of rotatable bonds is 6. The first-order valence-corrected chi connectivity index (χ1v) is 8.49. The molecule has 1 saturated heterocycles. The van der Waals surface area contributed by atoms with E-state index in [9.17, 15) is 4.79 Å². The molecular formula is C19H24N4O. The molecule has 0 unspecified atom stereocenters. The van der Waals surface area contributed by atoms with Gasteiger partial charge in [0.1, 0.15) is 0 Å². The highest BCUT2D eigenvalue weighted by Crippen LogP contribution is 2.16. The SMILES string of the molecule is Cc1cc2ccccn2c1C(=N)/C=C\C(=O)NCCN1CCCC1. The van der Waals surface area contributed by atoms with Crippen LogP contribution < -0.4 is 5.32 Å².